The predicted molar refractivity (Wildman–Crippen MR) is 52.8 cm³/mol. The largest absolute Gasteiger partial charge is 0.399 e. The van der Waals surface area contributed by atoms with E-state index < -0.39 is 0 Å². The van der Waals surface area contributed by atoms with Gasteiger partial charge in [0.05, 0.1) is 6.54 Å². The Balaban J connectivity index is 2.34. The monoisotopic (exact) mass is 176 g/mol. The van der Waals surface area contributed by atoms with Gasteiger partial charge in [-0.1, -0.05) is 6.07 Å². The van der Waals surface area contributed by atoms with Crippen molar-refractivity contribution in [3.8, 4) is 0 Å². The minimum Gasteiger partial charge on any atom is -0.399 e. The molecule has 68 valence electrons. The first kappa shape index (κ1) is 8.10. The zero-order valence-electron chi connectivity index (χ0n) is 7.36. The number of nitrogens with two attached hydrogens (primary N) is 1. The number of nitrogens with zero attached hydrogens (tertiary/aromatic N) is 1. The Morgan fingerprint density at radius 2 is 2.38 bits per heavy atom. The van der Waals surface area contributed by atoms with Gasteiger partial charge in [-0.15, -0.1) is 0 Å². The van der Waals surface area contributed by atoms with Crippen LogP contribution in [0.25, 0.3) is 0 Å². The molecule has 3 nitrogen and oxygen atoms in total. The molecule has 1 aliphatic rings. The highest BCUT2D eigenvalue weighted by molar-refractivity contribution is 5.69. The van der Waals surface area contributed by atoms with Gasteiger partial charge in [0.15, 0.2) is 0 Å². The molecule has 1 aromatic carbocycles. The van der Waals surface area contributed by atoms with Gasteiger partial charge in [-0.05, 0) is 24.1 Å². The van der Waals surface area contributed by atoms with Gasteiger partial charge in [-0.25, -0.2) is 0 Å². The number of carbonyl (C=O) groups excluding carboxylic acids is 1. The van der Waals surface area contributed by atoms with E-state index >= 15 is 0 Å². The molecule has 0 atom stereocenters. The highest BCUT2D eigenvalue weighted by atomic mass is 16.1. The third-order valence-electron chi connectivity index (χ3n) is 2.40. The summed E-state index contributed by atoms with van der Waals surface area (Å²) >= 11 is 0. The number of hydrogen-bond acceptors (Lipinski definition) is 3. The Bertz CT molecular complexity index is 336. The molecule has 1 heterocycles. The van der Waals surface area contributed by atoms with Crippen molar-refractivity contribution in [2.75, 3.05) is 23.7 Å². The van der Waals surface area contributed by atoms with Crippen LogP contribution in [0.4, 0.5) is 11.4 Å². The summed E-state index contributed by atoms with van der Waals surface area (Å²) in [6.45, 7) is 1.40. The molecule has 0 fully saturated rings. The van der Waals surface area contributed by atoms with Crippen molar-refractivity contribution in [3.05, 3.63) is 23.8 Å². The lowest BCUT2D eigenvalue weighted by Gasteiger charge is -2.15. The molecule has 0 amide bonds. The summed E-state index contributed by atoms with van der Waals surface area (Å²) in [6, 6.07) is 5.88. The topological polar surface area (TPSA) is 46.3 Å². The maximum atomic E-state index is 10.4. The molecule has 0 spiro atoms. The smallest absolute Gasteiger partial charge is 0.139 e. The van der Waals surface area contributed by atoms with E-state index in [2.05, 4.69) is 4.90 Å². The first-order chi connectivity index (χ1) is 6.31. The molecule has 13 heavy (non-hydrogen) atoms. The molecule has 0 bridgehead atoms. The molecule has 2 N–H and O–H groups in total. The molecule has 1 aliphatic heterocycles. The standard InChI is InChI=1S/C10H12N2O/c11-9-2-1-8-3-4-12(5-6-13)10(8)7-9/h1-2,6-7H,3-5,11H2. The van der Waals surface area contributed by atoms with Crippen LogP contribution >= 0.6 is 0 Å². The zero-order chi connectivity index (χ0) is 9.26. The maximum absolute atomic E-state index is 10.4. The Morgan fingerprint density at radius 1 is 1.54 bits per heavy atom. The second-order valence-electron chi connectivity index (χ2n) is 3.25. The van der Waals surface area contributed by atoms with Crippen LogP contribution in [0, 0.1) is 0 Å². The fraction of sp³-hybridized carbons (Fsp3) is 0.300. The number of aldehydes is 1. The van der Waals surface area contributed by atoms with E-state index in [9.17, 15) is 4.79 Å². The molecule has 2 rings (SSSR count). The summed E-state index contributed by atoms with van der Waals surface area (Å²) in [4.78, 5) is 12.4. The van der Waals surface area contributed by atoms with Crippen LogP contribution in [0.15, 0.2) is 18.2 Å². The van der Waals surface area contributed by atoms with Crippen molar-refractivity contribution in [1.82, 2.24) is 0 Å². The summed E-state index contributed by atoms with van der Waals surface area (Å²) < 4.78 is 0. The van der Waals surface area contributed by atoms with Gasteiger partial charge in [-0.3, -0.25) is 0 Å². The van der Waals surface area contributed by atoms with Gasteiger partial charge in [0.2, 0.25) is 0 Å². The normalized spacial score (nSPS) is 14.3. The van der Waals surface area contributed by atoms with Gasteiger partial charge in [0.1, 0.15) is 6.29 Å². The van der Waals surface area contributed by atoms with E-state index in [1.807, 2.05) is 18.2 Å². The second-order valence-corrected chi connectivity index (χ2v) is 3.25. The summed E-state index contributed by atoms with van der Waals surface area (Å²) in [5, 5.41) is 0. The first-order valence-corrected chi connectivity index (χ1v) is 4.38. The van der Waals surface area contributed by atoms with Gasteiger partial charge >= 0.3 is 0 Å². The fourth-order valence-corrected chi connectivity index (χ4v) is 1.74. The van der Waals surface area contributed by atoms with E-state index in [4.69, 9.17) is 5.73 Å². The zero-order valence-corrected chi connectivity index (χ0v) is 7.36. The average molecular weight is 176 g/mol. The second kappa shape index (κ2) is 3.09. The molecular weight excluding hydrogens is 164 g/mol. The lowest BCUT2D eigenvalue weighted by atomic mass is 10.1. The fourth-order valence-electron chi connectivity index (χ4n) is 1.74. The summed E-state index contributed by atoms with van der Waals surface area (Å²) in [6.07, 6.45) is 1.95. The van der Waals surface area contributed by atoms with E-state index in [0.29, 0.717) is 6.54 Å². The van der Waals surface area contributed by atoms with E-state index in [1.54, 1.807) is 0 Å². The number of carbonyl (C=O) groups is 1. The van der Waals surface area contributed by atoms with Crippen molar-refractivity contribution in [2.45, 2.75) is 6.42 Å². The molecule has 0 saturated heterocycles. The SMILES string of the molecule is Nc1ccc2c(c1)N(CC=O)CC2. The Kier molecular flexibility index (Phi) is 1.93. The number of benzene rings is 1. The molecule has 1 aromatic rings. The molecule has 0 saturated carbocycles. The quantitative estimate of drug-likeness (QED) is 0.536. The van der Waals surface area contributed by atoms with Crippen molar-refractivity contribution in [2.24, 2.45) is 0 Å². The molecule has 0 radical (unpaired) electrons. The van der Waals surface area contributed by atoms with Crippen molar-refractivity contribution >= 4 is 17.7 Å². The molecule has 0 unspecified atom stereocenters. The van der Waals surface area contributed by atoms with Crippen LogP contribution in [0.1, 0.15) is 5.56 Å². The van der Waals surface area contributed by atoms with E-state index in [1.165, 1.54) is 5.56 Å². The lowest BCUT2D eigenvalue weighted by molar-refractivity contribution is -0.106. The van der Waals surface area contributed by atoms with E-state index in [0.717, 1.165) is 30.6 Å². The summed E-state index contributed by atoms with van der Waals surface area (Å²) in [5.74, 6) is 0. The van der Waals surface area contributed by atoms with Gasteiger partial charge in [0.25, 0.3) is 0 Å². The third-order valence-corrected chi connectivity index (χ3v) is 2.40. The Hall–Kier alpha value is -1.51. The maximum Gasteiger partial charge on any atom is 0.139 e. The van der Waals surface area contributed by atoms with Crippen LogP contribution in [-0.4, -0.2) is 19.4 Å². The number of anilines is 2. The van der Waals surface area contributed by atoms with Gasteiger partial charge in [0, 0.05) is 17.9 Å². The lowest BCUT2D eigenvalue weighted by Crippen LogP contribution is -2.22. The highest BCUT2D eigenvalue weighted by Crippen LogP contribution is 2.29. The summed E-state index contributed by atoms with van der Waals surface area (Å²) in [7, 11) is 0. The molecular formula is C10H12N2O. The van der Waals surface area contributed by atoms with Crippen LogP contribution < -0.4 is 10.6 Å². The van der Waals surface area contributed by atoms with Crippen molar-refractivity contribution < 1.29 is 4.79 Å². The predicted octanol–water partition coefficient (Wildman–Crippen LogP) is 0.830. The Morgan fingerprint density at radius 3 is 3.15 bits per heavy atom. The molecule has 0 aliphatic carbocycles. The third kappa shape index (κ3) is 1.37. The minimum atomic E-state index is 0.469. The van der Waals surface area contributed by atoms with Crippen LogP contribution in [0.3, 0.4) is 0 Å². The van der Waals surface area contributed by atoms with E-state index in [-0.39, 0.29) is 0 Å². The highest BCUT2D eigenvalue weighted by Gasteiger charge is 2.17. The van der Waals surface area contributed by atoms with Crippen molar-refractivity contribution in [1.29, 1.82) is 0 Å². The average Bonchev–Trinajstić information content (AvgIpc) is 2.49. The van der Waals surface area contributed by atoms with Crippen LogP contribution in [0.2, 0.25) is 0 Å². The molecule has 3 heteroatoms. The van der Waals surface area contributed by atoms with Gasteiger partial charge < -0.3 is 15.4 Å². The minimum absolute atomic E-state index is 0.469. The number of hydrogen-bond donors (Lipinski definition) is 1. The van der Waals surface area contributed by atoms with Crippen LogP contribution in [-0.2, 0) is 11.2 Å². The van der Waals surface area contributed by atoms with Crippen molar-refractivity contribution in [3.63, 3.8) is 0 Å². The number of rotatable bonds is 2. The first-order valence-electron chi connectivity index (χ1n) is 4.38. The van der Waals surface area contributed by atoms with Crippen LogP contribution in [0.5, 0.6) is 0 Å². The Labute approximate surface area is 77.1 Å². The summed E-state index contributed by atoms with van der Waals surface area (Å²) in [5.41, 5.74) is 8.84. The van der Waals surface area contributed by atoms with Gasteiger partial charge in [-0.2, -0.15) is 0 Å². The number of fused-ring (bicyclic) bond motifs is 1. The molecule has 0 aromatic heterocycles. The number of nitrogen functional groups attached to an aromatic ring is 1.